The predicted octanol–water partition coefficient (Wildman–Crippen LogP) is -0.427. The van der Waals surface area contributed by atoms with Crippen LogP contribution in [0.1, 0.15) is 18.7 Å². The minimum Gasteiger partial charge on any atom is -0.372 e. The Kier molecular flexibility index (Phi) is 2.17. The van der Waals surface area contributed by atoms with Crippen LogP contribution in [0.4, 0.5) is 0 Å². The summed E-state index contributed by atoms with van der Waals surface area (Å²) in [5.74, 6) is 0.804. The number of hydrogen-bond donors (Lipinski definition) is 0. The fourth-order valence-electron chi connectivity index (χ4n) is 2.41. The van der Waals surface area contributed by atoms with Gasteiger partial charge < -0.3 is 4.74 Å². The Hall–Kier alpha value is -1.01. The first-order valence-electron chi connectivity index (χ1n) is 5.40. The molecule has 0 aliphatic carbocycles. The Bertz CT molecular complexity index is 340. The van der Waals surface area contributed by atoms with Crippen LogP contribution in [0.5, 0.6) is 0 Å². The van der Waals surface area contributed by atoms with Crippen molar-refractivity contribution in [2.45, 2.75) is 31.6 Å². The van der Waals surface area contributed by atoms with Crippen molar-refractivity contribution in [2.75, 3.05) is 13.1 Å². The van der Waals surface area contributed by atoms with Gasteiger partial charge in [-0.15, -0.1) is 10.2 Å². The molecule has 2 bridgehead atoms. The van der Waals surface area contributed by atoms with E-state index in [4.69, 9.17) is 4.74 Å². The third-order valence-electron chi connectivity index (χ3n) is 3.03. The van der Waals surface area contributed by atoms with Gasteiger partial charge in [-0.05, 0) is 18.1 Å². The van der Waals surface area contributed by atoms with Gasteiger partial charge in [0.05, 0.1) is 25.8 Å². The molecule has 3 heterocycles. The second-order valence-corrected chi connectivity index (χ2v) is 4.35. The monoisotopic (exact) mass is 209 g/mol. The predicted molar refractivity (Wildman–Crippen MR) is 52.0 cm³/mol. The highest BCUT2D eigenvalue weighted by atomic mass is 16.5. The van der Waals surface area contributed by atoms with Crippen LogP contribution in [0.2, 0.25) is 0 Å². The fraction of sp³-hybridized carbons (Fsp3) is 0.889. The van der Waals surface area contributed by atoms with Crippen molar-refractivity contribution in [3.8, 4) is 0 Å². The topological polar surface area (TPSA) is 56.1 Å². The lowest BCUT2D eigenvalue weighted by molar-refractivity contribution is -0.0417. The highest BCUT2D eigenvalue weighted by molar-refractivity contribution is 4.87. The summed E-state index contributed by atoms with van der Waals surface area (Å²) in [6.07, 6.45) is 3.27. The minimum atomic E-state index is 0.431. The van der Waals surface area contributed by atoms with Crippen LogP contribution in [0.15, 0.2) is 0 Å². The van der Waals surface area contributed by atoms with Gasteiger partial charge in [0.1, 0.15) is 0 Å². The number of rotatable bonds is 2. The van der Waals surface area contributed by atoms with E-state index in [-0.39, 0.29) is 0 Å². The Morgan fingerprint density at radius 3 is 2.67 bits per heavy atom. The summed E-state index contributed by atoms with van der Waals surface area (Å²) in [7, 11) is 1.79. The average molecular weight is 209 g/mol. The van der Waals surface area contributed by atoms with Gasteiger partial charge in [-0.25, -0.2) is 0 Å². The zero-order chi connectivity index (χ0) is 10.3. The van der Waals surface area contributed by atoms with E-state index in [0.717, 1.165) is 25.5 Å². The number of hydrogen-bond acceptors (Lipinski definition) is 5. The van der Waals surface area contributed by atoms with Crippen molar-refractivity contribution in [3.63, 3.8) is 0 Å². The molecule has 3 rings (SSSR count). The normalized spacial score (nSPS) is 31.0. The first-order chi connectivity index (χ1) is 7.29. The molecule has 6 heteroatoms. The molecule has 0 N–H and O–H groups in total. The van der Waals surface area contributed by atoms with Crippen molar-refractivity contribution in [1.82, 2.24) is 25.1 Å². The first-order valence-corrected chi connectivity index (χ1v) is 5.40. The Morgan fingerprint density at radius 1 is 1.33 bits per heavy atom. The van der Waals surface area contributed by atoms with Crippen LogP contribution in [0.25, 0.3) is 0 Å². The molecule has 0 amide bonds. The molecule has 2 fully saturated rings. The molecule has 0 saturated carbocycles. The van der Waals surface area contributed by atoms with Crippen LogP contribution in [0, 0.1) is 0 Å². The summed E-state index contributed by atoms with van der Waals surface area (Å²) in [5.41, 5.74) is 0. The number of ether oxygens (including phenoxy) is 1. The molecule has 2 aliphatic rings. The highest BCUT2D eigenvalue weighted by Gasteiger charge is 2.33. The zero-order valence-electron chi connectivity index (χ0n) is 8.83. The maximum absolute atomic E-state index is 5.77. The van der Waals surface area contributed by atoms with E-state index in [2.05, 4.69) is 20.3 Å². The van der Waals surface area contributed by atoms with Gasteiger partial charge in [-0.3, -0.25) is 4.90 Å². The smallest absolute Gasteiger partial charge is 0.188 e. The molecule has 2 aliphatic heterocycles. The summed E-state index contributed by atoms with van der Waals surface area (Å²) in [6, 6.07) is 0. The minimum absolute atomic E-state index is 0.431. The fourth-order valence-corrected chi connectivity index (χ4v) is 2.41. The van der Waals surface area contributed by atoms with Crippen molar-refractivity contribution < 1.29 is 4.74 Å². The molecule has 6 nitrogen and oxygen atoms in total. The second-order valence-electron chi connectivity index (χ2n) is 4.35. The number of nitrogens with zero attached hydrogens (tertiary/aromatic N) is 5. The zero-order valence-corrected chi connectivity index (χ0v) is 8.83. The number of aryl methyl sites for hydroxylation is 1. The lowest BCUT2D eigenvalue weighted by atomic mass is 10.2. The quantitative estimate of drug-likeness (QED) is 0.661. The van der Waals surface area contributed by atoms with E-state index < -0.39 is 0 Å². The summed E-state index contributed by atoms with van der Waals surface area (Å²) in [4.78, 5) is 3.87. The number of likely N-dealkylation sites (tertiary alicyclic amines) is 1. The molecule has 2 unspecified atom stereocenters. The average Bonchev–Trinajstić information content (AvgIpc) is 2.74. The maximum atomic E-state index is 5.77. The van der Waals surface area contributed by atoms with Crippen LogP contribution < -0.4 is 0 Å². The molecular formula is C9H15N5O. The number of tetrazole rings is 1. The van der Waals surface area contributed by atoms with Crippen LogP contribution >= 0.6 is 0 Å². The summed E-state index contributed by atoms with van der Waals surface area (Å²) < 4.78 is 5.77. The molecule has 1 aromatic heterocycles. The van der Waals surface area contributed by atoms with Gasteiger partial charge in [0.15, 0.2) is 5.82 Å². The molecule has 2 saturated heterocycles. The van der Waals surface area contributed by atoms with Crippen molar-refractivity contribution in [1.29, 1.82) is 0 Å². The van der Waals surface area contributed by atoms with Crippen LogP contribution in [-0.4, -0.2) is 50.4 Å². The van der Waals surface area contributed by atoms with Gasteiger partial charge in [0.2, 0.25) is 0 Å². The van der Waals surface area contributed by atoms with Gasteiger partial charge in [-0.1, -0.05) is 0 Å². The van der Waals surface area contributed by atoms with Crippen molar-refractivity contribution in [3.05, 3.63) is 5.82 Å². The second kappa shape index (κ2) is 3.53. The Morgan fingerprint density at radius 2 is 2.07 bits per heavy atom. The van der Waals surface area contributed by atoms with Crippen LogP contribution in [0.3, 0.4) is 0 Å². The molecule has 0 spiro atoms. The largest absolute Gasteiger partial charge is 0.372 e. The van der Waals surface area contributed by atoms with Gasteiger partial charge in [-0.2, -0.15) is 4.80 Å². The SMILES string of the molecule is Cn1nnc(CN2CC3CCC(C2)O3)n1. The summed E-state index contributed by atoms with van der Waals surface area (Å²) in [6.45, 7) is 2.81. The Balaban J connectivity index is 1.64. The Labute approximate surface area is 88.2 Å². The number of morpholine rings is 1. The first kappa shape index (κ1) is 9.23. The number of aromatic nitrogens is 4. The molecule has 0 radical (unpaired) electrons. The van der Waals surface area contributed by atoms with E-state index in [1.54, 1.807) is 7.05 Å². The molecule has 0 aromatic carbocycles. The molecule has 15 heavy (non-hydrogen) atoms. The molecule has 2 atom stereocenters. The lowest BCUT2D eigenvalue weighted by Crippen LogP contribution is -2.42. The third-order valence-corrected chi connectivity index (χ3v) is 3.03. The van der Waals surface area contributed by atoms with E-state index in [1.807, 2.05) is 0 Å². The van der Waals surface area contributed by atoms with Crippen LogP contribution in [-0.2, 0) is 18.3 Å². The number of fused-ring (bicyclic) bond motifs is 2. The van der Waals surface area contributed by atoms with E-state index in [0.29, 0.717) is 12.2 Å². The van der Waals surface area contributed by atoms with Crippen molar-refractivity contribution >= 4 is 0 Å². The molecular weight excluding hydrogens is 194 g/mol. The van der Waals surface area contributed by atoms with Gasteiger partial charge in [0.25, 0.3) is 0 Å². The summed E-state index contributed by atoms with van der Waals surface area (Å²) >= 11 is 0. The highest BCUT2D eigenvalue weighted by Crippen LogP contribution is 2.26. The third kappa shape index (κ3) is 1.87. The maximum Gasteiger partial charge on any atom is 0.188 e. The molecule has 1 aromatic rings. The lowest BCUT2D eigenvalue weighted by Gasteiger charge is -2.30. The van der Waals surface area contributed by atoms with E-state index in [9.17, 15) is 0 Å². The molecule has 82 valence electrons. The van der Waals surface area contributed by atoms with Crippen molar-refractivity contribution in [2.24, 2.45) is 7.05 Å². The standard InChI is InChI=1S/C9H15N5O/c1-13-11-9(10-12-13)6-14-4-7-2-3-8(5-14)15-7/h7-8H,2-6H2,1H3. The van der Waals surface area contributed by atoms with Gasteiger partial charge in [0, 0.05) is 13.1 Å². The summed E-state index contributed by atoms with van der Waals surface area (Å²) in [5, 5.41) is 12.0. The van der Waals surface area contributed by atoms with Gasteiger partial charge >= 0.3 is 0 Å². The van der Waals surface area contributed by atoms with E-state index in [1.165, 1.54) is 17.6 Å². The van der Waals surface area contributed by atoms with E-state index >= 15 is 0 Å².